The molecule has 2 atom stereocenters. The van der Waals surface area contributed by atoms with Crippen molar-refractivity contribution in [2.45, 2.75) is 44.3 Å². The summed E-state index contributed by atoms with van der Waals surface area (Å²) in [7, 11) is 0. The number of nitrogens with one attached hydrogen (secondary N) is 2. The topological polar surface area (TPSA) is 111 Å². The van der Waals surface area contributed by atoms with Crippen molar-refractivity contribution in [1.29, 1.82) is 0 Å². The molecule has 2 aromatic carbocycles. The minimum atomic E-state index is -0.946. The Morgan fingerprint density at radius 1 is 1.24 bits per heavy atom. The molecule has 2 aliphatic heterocycles. The van der Waals surface area contributed by atoms with E-state index in [1.165, 1.54) is 30.3 Å². The van der Waals surface area contributed by atoms with E-state index < -0.39 is 28.9 Å². The number of alkyl halides is 1. The van der Waals surface area contributed by atoms with Gasteiger partial charge in [-0.25, -0.2) is 18.2 Å². The van der Waals surface area contributed by atoms with Crippen molar-refractivity contribution < 1.29 is 28.1 Å². The minimum Gasteiger partial charge on any atom is -0.508 e. The molecule has 11 heteroatoms. The molecule has 2 saturated heterocycles. The van der Waals surface area contributed by atoms with Crippen molar-refractivity contribution in [1.82, 2.24) is 14.9 Å². The smallest absolute Gasteiger partial charge is 0.260 e. The van der Waals surface area contributed by atoms with Crippen LogP contribution in [0.5, 0.6) is 11.6 Å². The Labute approximate surface area is 233 Å². The van der Waals surface area contributed by atoms with Crippen LogP contribution in [0.4, 0.5) is 18.9 Å². The zero-order valence-electron chi connectivity index (χ0n) is 22.6. The fourth-order valence-electron chi connectivity index (χ4n) is 6.55. The van der Waals surface area contributed by atoms with Crippen LogP contribution in [0.3, 0.4) is 0 Å². The van der Waals surface area contributed by atoms with Crippen molar-refractivity contribution in [2.24, 2.45) is 0 Å². The lowest BCUT2D eigenvalue weighted by atomic mass is 9.94. The van der Waals surface area contributed by atoms with Crippen molar-refractivity contribution in [3.05, 3.63) is 57.9 Å². The molecule has 2 aliphatic rings. The highest BCUT2D eigenvalue weighted by atomic mass is 19.1. The number of hydrogen-bond acceptors (Lipinski definition) is 7. The van der Waals surface area contributed by atoms with E-state index in [-0.39, 0.29) is 59.2 Å². The zero-order valence-corrected chi connectivity index (χ0v) is 22.6. The Bertz CT molecular complexity index is 1710. The second-order valence-electron chi connectivity index (χ2n) is 10.9. The molecule has 216 valence electrons. The number of anilines is 1. The van der Waals surface area contributed by atoms with Gasteiger partial charge in [0, 0.05) is 31.1 Å². The van der Waals surface area contributed by atoms with Crippen LogP contribution in [0.2, 0.25) is 0 Å². The van der Waals surface area contributed by atoms with Crippen molar-refractivity contribution >= 4 is 27.4 Å². The van der Waals surface area contributed by atoms with E-state index in [0.29, 0.717) is 35.7 Å². The summed E-state index contributed by atoms with van der Waals surface area (Å²) in [5, 5.41) is 23.5. The summed E-state index contributed by atoms with van der Waals surface area (Å²) in [5.74, 6) is -1.51. The largest absolute Gasteiger partial charge is 0.508 e. The maximum atomic E-state index is 16.4. The molecule has 4 heterocycles. The van der Waals surface area contributed by atoms with E-state index in [4.69, 9.17) is 4.74 Å². The monoisotopic (exact) mass is 568 g/mol. The molecule has 4 N–H and O–H groups in total. The molecular formula is C30H31F3N4O4. The van der Waals surface area contributed by atoms with Gasteiger partial charge in [-0.1, -0.05) is 13.0 Å². The Morgan fingerprint density at radius 3 is 2.85 bits per heavy atom. The van der Waals surface area contributed by atoms with E-state index >= 15 is 4.39 Å². The normalized spacial score (nSPS) is 20.7. The first-order valence-corrected chi connectivity index (χ1v) is 13.8. The number of H-pyrrole nitrogens is 1. The van der Waals surface area contributed by atoms with E-state index in [1.54, 1.807) is 6.92 Å². The molecule has 2 aromatic heterocycles. The lowest BCUT2D eigenvalue weighted by Crippen LogP contribution is -2.43. The van der Waals surface area contributed by atoms with Crippen molar-refractivity contribution in [3.8, 4) is 22.9 Å². The second kappa shape index (κ2) is 10.5. The van der Waals surface area contributed by atoms with Gasteiger partial charge in [0.2, 0.25) is 5.88 Å². The average molecular weight is 569 g/mol. The van der Waals surface area contributed by atoms with Gasteiger partial charge in [0.05, 0.1) is 28.9 Å². The van der Waals surface area contributed by atoms with Crippen molar-refractivity contribution in [3.63, 3.8) is 0 Å². The first-order valence-electron chi connectivity index (χ1n) is 13.8. The minimum absolute atomic E-state index is 0.0398. The van der Waals surface area contributed by atoms with E-state index in [9.17, 15) is 23.8 Å². The van der Waals surface area contributed by atoms with Gasteiger partial charge in [0.25, 0.3) is 5.56 Å². The van der Waals surface area contributed by atoms with Gasteiger partial charge in [-0.15, -0.1) is 0 Å². The molecule has 0 radical (unpaired) electrons. The summed E-state index contributed by atoms with van der Waals surface area (Å²) in [6, 6.07) is 6.98. The molecule has 8 nitrogen and oxygen atoms in total. The summed E-state index contributed by atoms with van der Waals surface area (Å²) < 4.78 is 51.5. The van der Waals surface area contributed by atoms with Crippen LogP contribution in [0.15, 0.2) is 35.1 Å². The molecule has 0 bridgehead atoms. The van der Waals surface area contributed by atoms with Gasteiger partial charge < -0.3 is 25.3 Å². The number of halogens is 3. The van der Waals surface area contributed by atoms with Crippen molar-refractivity contribution in [2.75, 3.05) is 38.2 Å². The number of aliphatic hydroxyl groups is 1. The van der Waals surface area contributed by atoms with Crippen LogP contribution >= 0.6 is 0 Å². The third-order valence-corrected chi connectivity index (χ3v) is 8.34. The number of benzene rings is 2. The summed E-state index contributed by atoms with van der Waals surface area (Å²) >= 11 is 0. The molecule has 4 aromatic rings. The summed E-state index contributed by atoms with van der Waals surface area (Å²) in [6.07, 6.45) is 1.39. The number of aromatic hydroxyl groups is 1. The molecular weight excluding hydrogens is 537 g/mol. The molecule has 0 unspecified atom stereocenters. The van der Waals surface area contributed by atoms with E-state index in [2.05, 4.69) is 20.2 Å². The van der Waals surface area contributed by atoms with Gasteiger partial charge in [-0.2, -0.15) is 0 Å². The highest BCUT2D eigenvalue weighted by Crippen LogP contribution is 2.41. The third-order valence-electron chi connectivity index (χ3n) is 8.34. The van der Waals surface area contributed by atoms with E-state index in [1.807, 2.05) is 0 Å². The molecule has 0 spiro atoms. The zero-order chi connectivity index (χ0) is 28.9. The number of aromatic nitrogens is 2. The Balaban J connectivity index is 1.51. The third kappa shape index (κ3) is 4.66. The number of fused-ring (bicyclic) bond motifs is 3. The second-order valence-corrected chi connectivity index (χ2v) is 10.9. The Hall–Kier alpha value is -3.83. The highest BCUT2D eigenvalue weighted by molar-refractivity contribution is 6.02. The fraction of sp³-hybridized carbons (Fsp3) is 0.400. The predicted octanol–water partition coefficient (Wildman–Crippen LogP) is 4.65. The molecule has 6 rings (SSSR count). The van der Waals surface area contributed by atoms with Crippen LogP contribution in [0.25, 0.3) is 32.9 Å². The number of aryl methyl sites for hydroxylation is 1. The number of phenolic OH excluding ortho intramolecular Hbond substituents is 1. The lowest BCUT2D eigenvalue weighted by molar-refractivity contribution is 0.111. The van der Waals surface area contributed by atoms with Crippen LogP contribution in [0.1, 0.15) is 31.7 Å². The Kier molecular flexibility index (Phi) is 7.03. The molecule has 0 saturated carbocycles. The number of nitrogens with zero attached hydrogens (tertiary/aromatic N) is 2. The van der Waals surface area contributed by atoms with Gasteiger partial charge in [0.1, 0.15) is 29.9 Å². The van der Waals surface area contributed by atoms with Gasteiger partial charge in [-0.3, -0.25) is 9.69 Å². The molecule has 2 fully saturated rings. The number of phenols is 1. The highest BCUT2D eigenvalue weighted by Gasteiger charge is 2.49. The first-order chi connectivity index (χ1) is 19.7. The maximum absolute atomic E-state index is 16.4. The average Bonchev–Trinajstić information content (AvgIpc) is 3.47. The van der Waals surface area contributed by atoms with E-state index in [0.717, 1.165) is 19.4 Å². The van der Waals surface area contributed by atoms with Crippen LogP contribution in [-0.2, 0) is 6.42 Å². The predicted molar refractivity (Wildman–Crippen MR) is 150 cm³/mol. The van der Waals surface area contributed by atoms with Gasteiger partial charge in [0.15, 0.2) is 5.82 Å². The number of ether oxygens (including phenoxy) is 1. The van der Waals surface area contributed by atoms with Gasteiger partial charge in [-0.05, 0) is 60.3 Å². The molecule has 0 amide bonds. The fourth-order valence-corrected chi connectivity index (χ4v) is 6.55. The number of pyridine rings is 2. The standard InChI is InChI=1S/C30H31F3N4O4/c1-2-19-21(32)5-4-16-10-18(39)11-20(24(16)19)27-26(33)28-25(29(40)36-27)22(34-7-9-38)12-23(35-28)41-15-30-6-3-8-37(30)14-17(31)13-30/h4-5,10-12,17,38-39H,2-3,6-9,13-15H2,1H3,(H,34,35)(H,36,40)/t17-,30+/m1/s1. The lowest BCUT2D eigenvalue weighted by Gasteiger charge is -2.31. The number of rotatable bonds is 8. The first kappa shape index (κ1) is 27.3. The molecule has 41 heavy (non-hydrogen) atoms. The summed E-state index contributed by atoms with van der Waals surface area (Å²) in [6.45, 7) is 2.89. The number of hydrogen-bond donors (Lipinski definition) is 4. The van der Waals surface area contributed by atoms with Crippen LogP contribution in [-0.4, -0.2) is 69.6 Å². The SMILES string of the molecule is CCc1c(F)ccc2cc(O)cc(-c3[nH]c(=O)c4c(NCCO)cc(OC[C@@]56CCCN5C[C@H](F)C6)nc4c3F)c12. The summed E-state index contributed by atoms with van der Waals surface area (Å²) in [4.78, 5) is 22.5. The number of aliphatic hydroxyl groups excluding tert-OH is 1. The maximum Gasteiger partial charge on any atom is 0.260 e. The quantitative estimate of drug-likeness (QED) is 0.245. The van der Waals surface area contributed by atoms with Crippen LogP contribution < -0.4 is 15.6 Å². The Morgan fingerprint density at radius 2 is 2.07 bits per heavy atom. The summed E-state index contributed by atoms with van der Waals surface area (Å²) in [5.41, 5.74) is -1.03. The van der Waals surface area contributed by atoms with Gasteiger partial charge >= 0.3 is 0 Å². The number of aromatic amines is 1. The molecule has 0 aliphatic carbocycles. The van der Waals surface area contributed by atoms with Crippen LogP contribution in [0, 0.1) is 11.6 Å².